The van der Waals surface area contributed by atoms with Crippen LogP contribution in [0.5, 0.6) is 0 Å². The van der Waals surface area contributed by atoms with Crippen LogP contribution in [0.2, 0.25) is 0 Å². The quantitative estimate of drug-likeness (QED) is 0.429. The molecule has 0 aliphatic carbocycles. The highest BCUT2D eigenvalue weighted by Crippen LogP contribution is 2.29. The van der Waals surface area contributed by atoms with Crippen molar-refractivity contribution in [1.82, 2.24) is 0 Å². The molecule has 0 fully saturated rings. The molecular weight excluding hydrogens is 328 g/mol. The number of rotatable bonds is 13. The average Bonchev–Trinajstić information content (AvgIpc) is 2.61. The molecule has 0 amide bonds. The lowest BCUT2D eigenvalue weighted by molar-refractivity contribution is 0.0650. The maximum absolute atomic E-state index is 11.9. The molecule has 0 aliphatic rings. The molecule has 0 bridgehead atoms. The van der Waals surface area contributed by atoms with Gasteiger partial charge in [-0.3, -0.25) is 0 Å². The largest absolute Gasteiger partial charge is 0.478 e. The van der Waals surface area contributed by atoms with Gasteiger partial charge in [0.15, 0.2) is 0 Å². The zero-order valence-electron chi connectivity index (χ0n) is 16.6. The Bertz CT molecular complexity index is 605. The minimum Gasteiger partial charge on any atom is -0.478 e. The van der Waals surface area contributed by atoms with Crippen molar-refractivity contribution in [2.45, 2.75) is 91.4 Å². The van der Waals surface area contributed by atoms with Gasteiger partial charge in [0.2, 0.25) is 0 Å². The Labute approximate surface area is 157 Å². The minimum atomic E-state index is -1.14. The summed E-state index contributed by atoms with van der Waals surface area (Å²) in [5.41, 5.74) is 2.87. The standard InChI is InChI=1S/C22H34O4/c1-4-7-10-11-14-18-17(13-9-6-3)16(12-8-5-2)15-19(21(23)24)20(18)22(25)26/h15H,4-14H2,1-3H3,(H,23,24)(H,25,26). The number of carboxylic acids is 2. The molecule has 4 nitrogen and oxygen atoms in total. The summed E-state index contributed by atoms with van der Waals surface area (Å²) in [5, 5.41) is 19.4. The SMILES string of the molecule is CCCCCCc1c(CCCC)c(CCCC)cc(C(=O)O)c1C(=O)O. The highest BCUT2D eigenvalue weighted by Gasteiger charge is 2.25. The fourth-order valence-corrected chi connectivity index (χ4v) is 3.51. The van der Waals surface area contributed by atoms with E-state index in [0.29, 0.717) is 6.42 Å². The van der Waals surface area contributed by atoms with E-state index in [-0.39, 0.29) is 11.1 Å². The zero-order valence-corrected chi connectivity index (χ0v) is 16.6. The second kappa shape index (κ2) is 11.7. The summed E-state index contributed by atoms with van der Waals surface area (Å²) < 4.78 is 0. The molecule has 0 spiro atoms. The lowest BCUT2D eigenvalue weighted by atomic mass is 9.84. The first kappa shape index (κ1) is 22.2. The number of aryl methyl sites for hydroxylation is 1. The van der Waals surface area contributed by atoms with Gasteiger partial charge < -0.3 is 10.2 Å². The number of benzene rings is 1. The van der Waals surface area contributed by atoms with Gasteiger partial charge in [0, 0.05) is 0 Å². The third-order valence-corrected chi connectivity index (χ3v) is 4.95. The van der Waals surface area contributed by atoms with Crippen LogP contribution in [-0.2, 0) is 19.3 Å². The van der Waals surface area contributed by atoms with Crippen molar-refractivity contribution in [3.05, 3.63) is 33.9 Å². The van der Waals surface area contributed by atoms with Crippen LogP contribution >= 0.6 is 0 Å². The number of carboxylic acid groups (broad SMARTS) is 2. The first-order valence-corrected chi connectivity index (χ1v) is 10.1. The van der Waals surface area contributed by atoms with Crippen LogP contribution < -0.4 is 0 Å². The van der Waals surface area contributed by atoms with Gasteiger partial charge in [0.25, 0.3) is 0 Å². The van der Waals surface area contributed by atoms with Gasteiger partial charge in [-0.05, 0) is 61.3 Å². The molecule has 146 valence electrons. The van der Waals surface area contributed by atoms with Crippen LogP contribution in [0.15, 0.2) is 6.07 Å². The fraction of sp³-hybridized carbons (Fsp3) is 0.636. The lowest BCUT2D eigenvalue weighted by Gasteiger charge is -2.20. The monoisotopic (exact) mass is 362 g/mol. The fourth-order valence-electron chi connectivity index (χ4n) is 3.51. The molecule has 0 unspecified atom stereocenters. The van der Waals surface area contributed by atoms with Crippen molar-refractivity contribution in [3.63, 3.8) is 0 Å². The van der Waals surface area contributed by atoms with Crippen LogP contribution in [0.1, 0.15) is 110 Å². The molecule has 1 aromatic rings. The molecule has 2 N–H and O–H groups in total. The van der Waals surface area contributed by atoms with E-state index < -0.39 is 11.9 Å². The highest BCUT2D eigenvalue weighted by molar-refractivity contribution is 6.03. The van der Waals surface area contributed by atoms with Crippen molar-refractivity contribution >= 4 is 11.9 Å². The van der Waals surface area contributed by atoms with Gasteiger partial charge in [0.05, 0.1) is 11.1 Å². The van der Waals surface area contributed by atoms with E-state index >= 15 is 0 Å². The Morgan fingerprint density at radius 1 is 0.731 bits per heavy atom. The number of hydrogen-bond acceptors (Lipinski definition) is 2. The lowest BCUT2D eigenvalue weighted by Crippen LogP contribution is -2.16. The smallest absolute Gasteiger partial charge is 0.336 e. The second-order valence-electron chi connectivity index (χ2n) is 7.04. The second-order valence-corrected chi connectivity index (χ2v) is 7.04. The predicted octanol–water partition coefficient (Wildman–Crippen LogP) is 5.89. The van der Waals surface area contributed by atoms with Crippen molar-refractivity contribution in [1.29, 1.82) is 0 Å². The summed E-state index contributed by atoms with van der Waals surface area (Å²) in [7, 11) is 0. The van der Waals surface area contributed by atoms with Crippen molar-refractivity contribution in [2.75, 3.05) is 0 Å². The summed E-state index contributed by atoms with van der Waals surface area (Å²) >= 11 is 0. The van der Waals surface area contributed by atoms with Crippen LogP contribution in [0.3, 0.4) is 0 Å². The van der Waals surface area contributed by atoms with E-state index in [2.05, 4.69) is 20.8 Å². The summed E-state index contributed by atoms with van der Waals surface area (Å²) in [6.07, 6.45) is 10.5. The summed E-state index contributed by atoms with van der Waals surface area (Å²) in [5.74, 6) is -2.26. The first-order valence-electron chi connectivity index (χ1n) is 10.1. The Morgan fingerprint density at radius 3 is 1.85 bits per heavy atom. The maximum Gasteiger partial charge on any atom is 0.336 e. The van der Waals surface area contributed by atoms with E-state index in [4.69, 9.17) is 0 Å². The predicted molar refractivity (Wildman–Crippen MR) is 105 cm³/mol. The van der Waals surface area contributed by atoms with E-state index in [0.717, 1.165) is 80.9 Å². The van der Waals surface area contributed by atoms with Gasteiger partial charge in [-0.1, -0.05) is 52.9 Å². The van der Waals surface area contributed by atoms with E-state index in [1.54, 1.807) is 6.07 Å². The third kappa shape index (κ3) is 6.15. The first-order chi connectivity index (χ1) is 12.5. The van der Waals surface area contributed by atoms with Crippen LogP contribution in [0.4, 0.5) is 0 Å². The zero-order chi connectivity index (χ0) is 19.5. The van der Waals surface area contributed by atoms with Gasteiger partial charge in [-0.25, -0.2) is 9.59 Å². The molecule has 1 aromatic carbocycles. The maximum atomic E-state index is 11.9. The Morgan fingerprint density at radius 2 is 1.31 bits per heavy atom. The van der Waals surface area contributed by atoms with Crippen molar-refractivity contribution in [3.8, 4) is 0 Å². The molecule has 0 aliphatic heterocycles. The van der Waals surface area contributed by atoms with E-state index in [9.17, 15) is 19.8 Å². The van der Waals surface area contributed by atoms with Gasteiger partial charge in [-0.2, -0.15) is 0 Å². The van der Waals surface area contributed by atoms with Gasteiger partial charge in [0.1, 0.15) is 0 Å². The molecular formula is C22H34O4. The van der Waals surface area contributed by atoms with E-state index in [1.165, 1.54) is 0 Å². The van der Waals surface area contributed by atoms with Crippen molar-refractivity contribution in [2.24, 2.45) is 0 Å². The van der Waals surface area contributed by atoms with E-state index in [1.807, 2.05) is 0 Å². The van der Waals surface area contributed by atoms with Crippen LogP contribution in [0.25, 0.3) is 0 Å². The minimum absolute atomic E-state index is 0.0142. The normalized spacial score (nSPS) is 10.9. The average molecular weight is 363 g/mol. The Hall–Kier alpha value is -1.84. The number of unbranched alkanes of at least 4 members (excludes halogenated alkanes) is 5. The summed E-state index contributed by atoms with van der Waals surface area (Å²) in [6, 6.07) is 1.63. The van der Waals surface area contributed by atoms with Crippen molar-refractivity contribution < 1.29 is 19.8 Å². The molecule has 0 saturated heterocycles. The van der Waals surface area contributed by atoms with Gasteiger partial charge in [-0.15, -0.1) is 0 Å². The number of carbonyl (C=O) groups is 2. The third-order valence-electron chi connectivity index (χ3n) is 4.95. The molecule has 0 radical (unpaired) electrons. The summed E-state index contributed by atoms with van der Waals surface area (Å²) in [6.45, 7) is 6.38. The number of hydrogen-bond donors (Lipinski definition) is 2. The Balaban J connectivity index is 3.47. The Kier molecular flexibility index (Phi) is 10.0. The summed E-state index contributed by atoms with van der Waals surface area (Å²) in [4.78, 5) is 23.7. The van der Waals surface area contributed by atoms with Crippen LogP contribution in [0, 0.1) is 0 Å². The molecule has 0 aromatic heterocycles. The molecule has 0 saturated carbocycles. The van der Waals surface area contributed by atoms with Gasteiger partial charge >= 0.3 is 11.9 Å². The molecule has 26 heavy (non-hydrogen) atoms. The molecule has 0 atom stereocenters. The van der Waals surface area contributed by atoms with Crippen LogP contribution in [-0.4, -0.2) is 22.2 Å². The molecule has 4 heteroatoms. The number of aromatic carboxylic acids is 2. The molecule has 1 rings (SSSR count). The highest BCUT2D eigenvalue weighted by atomic mass is 16.4. The molecule has 0 heterocycles. The topological polar surface area (TPSA) is 74.6 Å².